The molecule has 0 aromatic heterocycles. The summed E-state index contributed by atoms with van der Waals surface area (Å²) in [6, 6.07) is 5.21. The number of nitrogens with zero attached hydrogens (tertiary/aromatic N) is 3. The van der Waals surface area contributed by atoms with Crippen molar-refractivity contribution < 1.29 is 9.72 Å². The van der Waals surface area contributed by atoms with E-state index >= 15 is 0 Å². The van der Waals surface area contributed by atoms with Gasteiger partial charge in [-0.2, -0.15) is 5.26 Å². The summed E-state index contributed by atoms with van der Waals surface area (Å²) in [7, 11) is 0. The summed E-state index contributed by atoms with van der Waals surface area (Å²) >= 11 is 0. The van der Waals surface area contributed by atoms with Crippen molar-refractivity contribution in [1.29, 1.82) is 5.26 Å². The first-order valence-corrected chi connectivity index (χ1v) is 6.40. The molecule has 0 aliphatic carbocycles. The second kappa shape index (κ2) is 6.05. The molecule has 0 saturated carbocycles. The topological polar surface area (TPSA) is 120 Å². The molecule has 2 rings (SSSR count). The number of Topliss-reactive ketones (excluding diaryl/α,β-unsaturated/α-hetero) is 1. The lowest BCUT2D eigenvalue weighted by atomic mass is 9.94. The number of carbonyl (C=O) groups excluding carboxylic acids is 1. The number of carbonyl (C=O) groups is 1. The third kappa shape index (κ3) is 2.93. The Bertz CT molecular complexity index is 728. The summed E-state index contributed by atoms with van der Waals surface area (Å²) < 4.78 is 0. The van der Waals surface area contributed by atoms with Crippen molar-refractivity contribution in [1.82, 2.24) is 10.6 Å². The molecule has 0 spiro atoms. The number of benzene rings is 1. The minimum Gasteiger partial charge on any atom is -0.329 e. The van der Waals surface area contributed by atoms with E-state index in [0.29, 0.717) is 16.8 Å². The molecule has 2 N–H and O–H groups in total. The largest absolute Gasteiger partial charge is 0.329 e. The number of aliphatic imine (C=N–C) groups is 1. The van der Waals surface area contributed by atoms with Gasteiger partial charge in [-0.3, -0.25) is 20.2 Å². The zero-order chi connectivity index (χ0) is 16.3. The summed E-state index contributed by atoms with van der Waals surface area (Å²) in [6.07, 6.45) is 1.76. The lowest BCUT2D eigenvalue weighted by Crippen LogP contribution is -2.38. The van der Waals surface area contributed by atoms with E-state index in [1.807, 2.05) is 0 Å². The molecule has 1 aliphatic rings. The van der Waals surface area contributed by atoms with Crippen LogP contribution in [0.1, 0.15) is 25.5 Å². The maximum absolute atomic E-state index is 11.9. The summed E-state index contributed by atoms with van der Waals surface area (Å²) in [5.74, 6) is 0.0708. The Morgan fingerprint density at radius 1 is 1.45 bits per heavy atom. The Labute approximate surface area is 126 Å². The van der Waals surface area contributed by atoms with Gasteiger partial charge in [0.2, 0.25) is 5.96 Å². The Morgan fingerprint density at radius 2 is 2.09 bits per heavy atom. The predicted molar refractivity (Wildman–Crippen MR) is 78.5 cm³/mol. The molecule has 112 valence electrons. The molecule has 22 heavy (non-hydrogen) atoms. The van der Waals surface area contributed by atoms with E-state index in [0.717, 1.165) is 0 Å². The number of hydrogen-bond donors (Lipinski definition) is 2. The molecule has 1 heterocycles. The highest BCUT2D eigenvalue weighted by Crippen LogP contribution is 2.31. The normalized spacial score (nSPS) is 17.1. The number of rotatable bonds is 3. The number of nitro benzene ring substituents is 1. The van der Waals surface area contributed by atoms with Crippen LogP contribution in [-0.2, 0) is 4.79 Å². The predicted octanol–water partition coefficient (Wildman–Crippen LogP) is 1.53. The first kappa shape index (κ1) is 15.2. The highest BCUT2D eigenvalue weighted by molar-refractivity contribution is 5.98. The average Bonchev–Trinajstić information content (AvgIpc) is 2.46. The van der Waals surface area contributed by atoms with Gasteiger partial charge in [0.15, 0.2) is 12.0 Å². The smallest absolute Gasteiger partial charge is 0.269 e. The van der Waals surface area contributed by atoms with Crippen molar-refractivity contribution in [2.45, 2.75) is 19.9 Å². The number of non-ortho nitro benzene ring substituents is 1. The van der Waals surface area contributed by atoms with E-state index in [4.69, 9.17) is 5.26 Å². The van der Waals surface area contributed by atoms with E-state index in [1.165, 1.54) is 19.1 Å². The maximum atomic E-state index is 11.9. The Balaban J connectivity index is 2.46. The van der Waals surface area contributed by atoms with Gasteiger partial charge in [-0.15, -0.1) is 0 Å². The van der Waals surface area contributed by atoms with Crippen molar-refractivity contribution in [3.63, 3.8) is 0 Å². The number of nitro groups is 1. The number of hydrogen-bond acceptors (Lipinski definition) is 7. The van der Waals surface area contributed by atoms with E-state index in [1.54, 1.807) is 25.2 Å². The van der Waals surface area contributed by atoms with Crippen LogP contribution in [0.25, 0.3) is 0 Å². The average molecular weight is 299 g/mol. The fraction of sp³-hybridized carbons (Fsp3) is 0.214. The van der Waals surface area contributed by atoms with Gasteiger partial charge in [0.1, 0.15) is 6.04 Å². The lowest BCUT2D eigenvalue weighted by Gasteiger charge is -2.25. The van der Waals surface area contributed by atoms with E-state index in [2.05, 4.69) is 15.6 Å². The van der Waals surface area contributed by atoms with Crippen LogP contribution >= 0.6 is 0 Å². The van der Waals surface area contributed by atoms with Gasteiger partial charge in [0, 0.05) is 23.4 Å². The zero-order valence-electron chi connectivity index (χ0n) is 12.0. The van der Waals surface area contributed by atoms with Gasteiger partial charge < -0.3 is 5.32 Å². The van der Waals surface area contributed by atoms with Crippen molar-refractivity contribution in [2.24, 2.45) is 4.99 Å². The van der Waals surface area contributed by atoms with Crippen LogP contribution in [0.3, 0.4) is 0 Å². The second-order valence-electron chi connectivity index (χ2n) is 4.69. The van der Waals surface area contributed by atoms with Crippen LogP contribution in [0, 0.1) is 21.6 Å². The second-order valence-corrected chi connectivity index (χ2v) is 4.69. The third-order valence-electron chi connectivity index (χ3n) is 3.21. The van der Waals surface area contributed by atoms with Gasteiger partial charge in [-0.05, 0) is 31.5 Å². The Kier molecular flexibility index (Phi) is 4.18. The fourth-order valence-corrected chi connectivity index (χ4v) is 2.27. The first-order valence-electron chi connectivity index (χ1n) is 6.40. The molecule has 0 radical (unpaired) electrons. The molecule has 0 saturated heterocycles. The quantitative estimate of drug-likeness (QED) is 0.378. The summed E-state index contributed by atoms with van der Waals surface area (Å²) in [6.45, 7) is 3.14. The van der Waals surface area contributed by atoms with Crippen LogP contribution in [-0.4, -0.2) is 16.7 Å². The van der Waals surface area contributed by atoms with Gasteiger partial charge in [0.25, 0.3) is 5.69 Å². The Hall–Kier alpha value is -3.21. The minimum atomic E-state index is -0.615. The van der Waals surface area contributed by atoms with Gasteiger partial charge in [0.05, 0.1) is 4.92 Å². The minimum absolute atomic E-state index is 0.0397. The maximum Gasteiger partial charge on any atom is 0.269 e. The fourth-order valence-electron chi connectivity index (χ4n) is 2.27. The van der Waals surface area contributed by atoms with Crippen LogP contribution in [0.15, 0.2) is 40.5 Å². The molecule has 1 aliphatic heterocycles. The molecule has 1 aromatic rings. The van der Waals surface area contributed by atoms with Crippen LogP contribution < -0.4 is 10.6 Å². The Morgan fingerprint density at radius 3 is 2.59 bits per heavy atom. The molecule has 8 heteroatoms. The monoisotopic (exact) mass is 299 g/mol. The molecular weight excluding hydrogens is 286 g/mol. The van der Waals surface area contributed by atoms with Crippen molar-refractivity contribution in [3.8, 4) is 6.19 Å². The molecule has 0 fully saturated rings. The van der Waals surface area contributed by atoms with Gasteiger partial charge >= 0.3 is 0 Å². The summed E-state index contributed by atoms with van der Waals surface area (Å²) in [5.41, 5.74) is 1.64. The standard InChI is InChI=1S/C14H13N5O3/c1-8-12(9(2)20)13(18-14(17-8)16-7-15)10-3-5-11(6-4-10)19(21)22/h3-6,13H,1-2H3,(H2,16,17,18)/t13-/m0/s1. The van der Waals surface area contributed by atoms with Crippen molar-refractivity contribution >= 4 is 17.4 Å². The number of guanidine groups is 1. The summed E-state index contributed by atoms with van der Waals surface area (Å²) in [5, 5.41) is 24.6. The first-order chi connectivity index (χ1) is 10.4. The van der Waals surface area contributed by atoms with Gasteiger partial charge in [-0.25, -0.2) is 4.99 Å². The van der Waals surface area contributed by atoms with Crippen molar-refractivity contribution in [2.75, 3.05) is 0 Å². The molecule has 1 aromatic carbocycles. The molecule has 0 amide bonds. The van der Waals surface area contributed by atoms with E-state index < -0.39 is 11.0 Å². The lowest BCUT2D eigenvalue weighted by molar-refractivity contribution is -0.384. The van der Waals surface area contributed by atoms with Gasteiger partial charge in [-0.1, -0.05) is 0 Å². The third-order valence-corrected chi connectivity index (χ3v) is 3.21. The van der Waals surface area contributed by atoms with E-state index in [-0.39, 0.29) is 17.4 Å². The van der Waals surface area contributed by atoms with Crippen LogP contribution in [0.5, 0.6) is 0 Å². The molecule has 0 unspecified atom stereocenters. The van der Waals surface area contributed by atoms with Crippen molar-refractivity contribution in [3.05, 3.63) is 51.2 Å². The van der Waals surface area contributed by atoms with Crippen LogP contribution in [0.4, 0.5) is 5.69 Å². The highest BCUT2D eigenvalue weighted by Gasteiger charge is 2.27. The SMILES string of the molecule is CC(=O)C1=C(C)NC(NC#N)=N[C@H]1c1ccc([N+](=O)[O-])cc1. The number of nitrogens with one attached hydrogen (secondary N) is 2. The molecule has 8 nitrogen and oxygen atoms in total. The molecule has 0 bridgehead atoms. The number of allylic oxidation sites excluding steroid dienone is 1. The van der Waals surface area contributed by atoms with E-state index in [9.17, 15) is 14.9 Å². The number of ketones is 1. The highest BCUT2D eigenvalue weighted by atomic mass is 16.6. The molecular formula is C14H13N5O3. The zero-order valence-corrected chi connectivity index (χ0v) is 12.0. The molecule has 1 atom stereocenters. The number of nitriles is 1. The van der Waals surface area contributed by atoms with Crippen LogP contribution in [0.2, 0.25) is 0 Å². The summed E-state index contributed by atoms with van der Waals surface area (Å²) in [4.78, 5) is 26.4.